The first-order valence-corrected chi connectivity index (χ1v) is 9.38. The summed E-state index contributed by atoms with van der Waals surface area (Å²) in [7, 11) is 0. The molecule has 6 nitrogen and oxygen atoms in total. The molecule has 2 heterocycles. The molecule has 138 valence electrons. The fraction of sp³-hybridized carbons (Fsp3) is 0.684. The molecule has 1 aliphatic carbocycles. The standard InChI is InChI=1S/C19H28N2O4/c1-2-9-20(19(23)15-7-8-15)14-18(22)21(12-16-5-3-10-24-16)13-17-6-4-11-25-17/h3,5,10,15,17H,2,4,6-9,11-14H2,1H3. The van der Waals surface area contributed by atoms with Crippen LogP contribution >= 0.6 is 0 Å². The smallest absolute Gasteiger partial charge is 0.242 e. The van der Waals surface area contributed by atoms with Gasteiger partial charge in [0.05, 0.1) is 25.5 Å². The van der Waals surface area contributed by atoms with E-state index in [9.17, 15) is 9.59 Å². The summed E-state index contributed by atoms with van der Waals surface area (Å²) in [5.74, 6) is 0.984. The van der Waals surface area contributed by atoms with Crippen LogP contribution in [0.3, 0.4) is 0 Å². The molecule has 2 fully saturated rings. The van der Waals surface area contributed by atoms with Gasteiger partial charge < -0.3 is 19.0 Å². The summed E-state index contributed by atoms with van der Waals surface area (Å²) >= 11 is 0. The second-order valence-electron chi connectivity index (χ2n) is 7.02. The lowest BCUT2D eigenvalue weighted by Crippen LogP contribution is -2.45. The van der Waals surface area contributed by atoms with Crippen molar-refractivity contribution in [2.45, 2.75) is 51.7 Å². The quantitative estimate of drug-likeness (QED) is 0.688. The van der Waals surface area contributed by atoms with E-state index in [1.807, 2.05) is 19.1 Å². The first kappa shape index (κ1) is 18.0. The van der Waals surface area contributed by atoms with E-state index in [1.54, 1.807) is 16.1 Å². The van der Waals surface area contributed by atoms with Crippen molar-refractivity contribution in [3.05, 3.63) is 24.2 Å². The first-order valence-electron chi connectivity index (χ1n) is 9.38. The number of furan rings is 1. The molecule has 2 aliphatic rings. The summed E-state index contributed by atoms with van der Waals surface area (Å²) in [5, 5.41) is 0. The highest BCUT2D eigenvalue weighted by Gasteiger charge is 2.34. The molecular weight excluding hydrogens is 320 g/mol. The van der Waals surface area contributed by atoms with Gasteiger partial charge >= 0.3 is 0 Å². The van der Waals surface area contributed by atoms with E-state index < -0.39 is 0 Å². The van der Waals surface area contributed by atoms with Gasteiger partial charge in [-0.1, -0.05) is 6.92 Å². The molecule has 0 N–H and O–H groups in total. The Morgan fingerprint density at radius 2 is 2.08 bits per heavy atom. The Bertz CT molecular complexity index is 562. The normalized spacial score (nSPS) is 19.8. The molecule has 6 heteroatoms. The first-order chi connectivity index (χ1) is 12.2. The van der Waals surface area contributed by atoms with Gasteiger partial charge in [0.2, 0.25) is 11.8 Å². The second-order valence-corrected chi connectivity index (χ2v) is 7.02. The highest BCUT2D eigenvalue weighted by Crippen LogP contribution is 2.31. The number of hydrogen-bond acceptors (Lipinski definition) is 4. The van der Waals surface area contributed by atoms with E-state index in [4.69, 9.17) is 9.15 Å². The van der Waals surface area contributed by atoms with Crippen LogP contribution in [0.2, 0.25) is 0 Å². The SMILES string of the molecule is CCCN(CC(=O)N(Cc1ccco1)CC1CCCO1)C(=O)C1CC1. The summed E-state index contributed by atoms with van der Waals surface area (Å²) in [6, 6.07) is 3.69. The molecular formula is C19H28N2O4. The van der Waals surface area contributed by atoms with Gasteiger partial charge in [-0.25, -0.2) is 0 Å². The Balaban J connectivity index is 1.64. The summed E-state index contributed by atoms with van der Waals surface area (Å²) in [6.45, 7) is 4.55. The zero-order chi connectivity index (χ0) is 17.6. The number of carbonyl (C=O) groups is 2. The van der Waals surface area contributed by atoms with Gasteiger partial charge in [0, 0.05) is 25.6 Å². The lowest BCUT2D eigenvalue weighted by atomic mass is 10.2. The molecule has 2 amide bonds. The zero-order valence-electron chi connectivity index (χ0n) is 15.0. The lowest BCUT2D eigenvalue weighted by molar-refractivity contribution is -0.142. The van der Waals surface area contributed by atoms with Gasteiger partial charge in [-0.3, -0.25) is 9.59 Å². The Labute approximate surface area is 149 Å². The van der Waals surface area contributed by atoms with E-state index in [1.165, 1.54) is 0 Å². The topological polar surface area (TPSA) is 63.0 Å². The minimum Gasteiger partial charge on any atom is -0.467 e. The van der Waals surface area contributed by atoms with E-state index in [0.29, 0.717) is 19.6 Å². The van der Waals surface area contributed by atoms with Gasteiger partial charge in [-0.2, -0.15) is 0 Å². The molecule has 0 radical (unpaired) electrons. The molecule has 0 aromatic carbocycles. The molecule has 3 rings (SSSR count). The third kappa shape index (κ3) is 5.08. The monoisotopic (exact) mass is 348 g/mol. The highest BCUT2D eigenvalue weighted by atomic mass is 16.5. The minimum atomic E-state index is -0.0330. The van der Waals surface area contributed by atoms with Crippen LogP contribution in [0, 0.1) is 5.92 Å². The van der Waals surface area contributed by atoms with Crippen molar-refractivity contribution in [3.8, 4) is 0 Å². The number of amides is 2. The van der Waals surface area contributed by atoms with Crippen molar-refractivity contribution in [2.24, 2.45) is 5.92 Å². The van der Waals surface area contributed by atoms with Crippen LogP contribution in [0.5, 0.6) is 0 Å². The maximum atomic E-state index is 12.9. The van der Waals surface area contributed by atoms with Crippen LogP contribution in [0.15, 0.2) is 22.8 Å². The number of ether oxygens (including phenoxy) is 1. The lowest BCUT2D eigenvalue weighted by Gasteiger charge is -2.28. The zero-order valence-corrected chi connectivity index (χ0v) is 15.0. The second kappa shape index (κ2) is 8.52. The third-order valence-electron chi connectivity index (χ3n) is 4.79. The molecule has 1 saturated heterocycles. The van der Waals surface area contributed by atoms with Crippen molar-refractivity contribution in [3.63, 3.8) is 0 Å². The van der Waals surface area contributed by atoms with E-state index >= 15 is 0 Å². The number of hydrogen-bond donors (Lipinski definition) is 0. The maximum Gasteiger partial charge on any atom is 0.242 e. The molecule has 25 heavy (non-hydrogen) atoms. The average Bonchev–Trinajstić information content (AvgIpc) is 3.08. The summed E-state index contributed by atoms with van der Waals surface area (Å²) < 4.78 is 11.1. The van der Waals surface area contributed by atoms with Gasteiger partial charge in [0.1, 0.15) is 5.76 Å². The third-order valence-corrected chi connectivity index (χ3v) is 4.79. The fourth-order valence-corrected chi connectivity index (χ4v) is 3.27. The Morgan fingerprint density at radius 3 is 2.68 bits per heavy atom. The maximum absolute atomic E-state index is 12.9. The van der Waals surface area contributed by atoms with Crippen LogP contribution in [0.25, 0.3) is 0 Å². The minimum absolute atomic E-state index is 0.0330. The van der Waals surface area contributed by atoms with E-state index in [-0.39, 0.29) is 30.4 Å². The van der Waals surface area contributed by atoms with Crippen LogP contribution in [0.1, 0.15) is 44.8 Å². The van der Waals surface area contributed by atoms with Crippen LogP contribution in [-0.4, -0.2) is 54.0 Å². The molecule has 0 bridgehead atoms. The Hall–Kier alpha value is -1.82. The predicted octanol–water partition coefficient (Wildman–Crippen LogP) is 2.44. The molecule has 1 aromatic rings. The summed E-state index contributed by atoms with van der Waals surface area (Å²) in [4.78, 5) is 28.9. The largest absolute Gasteiger partial charge is 0.467 e. The van der Waals surface area contributed by atoms with Crippen molar-refractivity contribution >= 4 is 11.8 Å². The Kier molecular flexibility index (Phi) is 6.13. The molecule has 1 atom stereocenters. The Morgan fingerprint density at radius 1 is 1.24 bits per heavy atom. The van der Waals surface area contributed by atoms with Gasteiger partial charge in [0.15, 0.2) is 0 Å². The van der Waals surface area contributed by atoms with Gasteiger partial charge in [-0.15, -0.1) is 0 Å². The molecule has 1 aromatic heterocycles. The van der Waals surface area contributed by atoms with Crippen molar-refractivity contribution in [2.75, 3.05) is 26.2 Å². The number of rotatable bonds is 9. The number of carbonyl (C=O) groups excluding carboxylic acids is 2. The number of nitrogens with zero attached hydrogens (tertiary/aromatic N) is 2. The molecule has 0 spiro atoms. The van der Waals surface area contributed by atoms with E-state index in [0.717, 1.165) is 44.5 Å². The molecule has 1 saturated carbocycles. The fourth-order valence-electron chi connectivity index (χ4n) is 3.27. The van der Waals surface area contributed by atoms with Crippen molar-refractivity contribution < 1.29 is 18.7 Å². The van der Waals surface area contributed by atoms with Gasteiger partial charge in [0.25, 0.3) is 0 Å². The summed E-state index contributed by atoms with van der Waals surface area (Å²) in [5.41, 5.74) is 0. The predicted molar refractivity (Wildman–Crippen MR) is 92.7 cm³/mol. The van der Waals surface area contributed by atoms with Gasteiger partial charge in [-0.05, 0) is 44.2 Å². The average molecular weight is 348 g/mol. The van der Waals surface area contributed by atoms with Crippen molar-refractivity contribution in [1.29, 1.82) is 0 Å². The van der Waals surface area contributed by atoms with Crippen molar-refractivity contribution in [1.82, 2.24) is 9.80 Å². The van der Waals surface area contributed by atoms with Crippen LogP contribution < -0.4 is 0 Å². The van der Waals surface area contributed by atoms with Crippen LogP contribution in [0.4, 0.5) is 0 Å². The summed E-state index contributed by atoms with van der Waals surface area (Å²) in [6.07, 6.45) is 6.48. The molecule has 1 unspecified atom stereocenters. The highest BCUT2D eigenvalue weighted by molar-refractivity contribution is 5.87. The van der Waals surface area contributed by atoms with E-state index in [2.05, 4.69) is 0 Å². The molecule has 1 aliphatic heterocycles. The van der Waals surface area contributed by atoms with Crippen LogP contribution in [-0.2, 0) is 20.9 Å².